The number of nitrogens with zero attached hydrogens (tertiary/aromatic N) is 6. The van der Waals surface area contributed by atoms with Gasteiger partial charge in [-0.15, -0.1) is 5.10 Å². The molecule has 4 atom stereocenters. The van der Waals surface area contributed by atoms with Crippen LogP contribution < -0.4 is 15.1 Å². The highest BCUT2D eigenvalue weighted by atomic mass is 16.6. The molecule has 3 aromatic rings. The first-order chi connectivity index (χ1) is 16.4. The maximum Gasteiger partial charge on any atom is 0.251 e. The molecule has 5 rings (SSSR count). The van der Waals surface area contributed by atoms with Crippen LogP contribution >= 0.6 is 0 Å². The molecule has 34 heavy (non-hydrogen) atoms. The third kappa shape index (κ3) is 4.10. The minimum atomic E-state index is -0.261. The van der Waals surface area contributed by atoms with E-state index in [0.29, 0.717) is 24.6 Å². The largest absolute Gasteiger partial charge is 0.378 e. The molecule has 0 radical (unpaired) electrons. The third-order valence-electron chi connectivity index (χ3n) is 6.44. The van der Waals surface area contributed by atoms with Gasteiger partial charge in [-0.25, -0.2) is 4.68 Å². The fourth-order valence-electron chi connectivity index (χ4n) is 4.49. The van der Waals surface area contributed by atoms with Gasteiger partial charge >= 0.3 is 0 Å². The smallest absolute Gasteiger partial charge is 0.251 e. The maximum atomic E-state index is 12.8. The van der Waals surface area contributed by atoms with Crippen LogP contribution in [-0.2, 0) is 9.47 Å². The first kappa shape index (κ1) is 22.3. The molecule has 0 unspecified atom stereocenters. The first-order valence-electron chi connectivity index (χ1n) is 11.3. The zero-order chi connectivity index (χ0) is 23.8. The van der Waals surface area contributed by atoms with E-state index in [2.05, 4.69) is 20.8 Å². The molecular formula is C24H29N7O3. The Kier molecular flexibility index (Phi) is 5.93. The predicted molar refractivity (Wildman–Crippen MR) is 128 cm³/mol. The predicted octanol–water partition coefficient (Wildman–Crippen LogP) is 1.61. The molecule has 0 aliphatic carbocycles. The van der Waals surface area contributed by atoms with Gasteiger partial charge in [0.05, 0.1) is 19.3 Å². The number of ether oxygens (including phenoxy) is 2. The molecule has 178 valence electrons. The summed E-state index contributed by atoms with van der Waals surface area (Å²) in [6.07, 6.45) is -0.507. The lowest BCUT2D eigenvalue weighted by Crippen LogP contribution is -2.44. The van der Waals surface area contributed by atoms with E-state index in [0.717, 1.165) is 16.9 Å². The molecule has 1 amide bonds. The Labute approximate surface area is 198 Å². The molecule has 2 saturated heterocycles. The van der Waals surface area contributed by atoms with Crippen molar-refractivity contribution < 1.29 is 14.3 Å². The van der Waals surface area contributed by atoms with E-state index in [1.807, 2.05) is 86.5 Å². The molecule has 1 N–H and O–H groups in total. The van der Waals surface area contributed by atoms with E-state index in [1.54, 1.807) is 4.68 Å². The second kappa shape index (κ2) is 9.03. The van der Waals surface area contributed by atoms with E-state index in [9.17, 15) is 4.79 Å². The number of hydrogen-bond acceptors (Lipinski definition) is 8. The van der Waals surface area contributed by atoms with Crippen molar-refractivity contribution in [2.45, 2.75) is 24.3 Å². The van der Waals surface area contributed by atoms with Crippen LogP contribution in [0.2, 0.25) is 0 Å². The zero-order valence-electron chi connectivity index (χ0n) is 19.8. The van der Waals surface area contributed by atoms with E-state index in [-0.39, 0.29) is 30.2 Å². The Morgan fingerprint density at radius 1 is 0.912 bits per heavy atom. The normalized spacial score (nSPS) is 23.5. The van der Waals surface area contributed by atoms with Gasteiger partial charge < -0.3 is 24.6 Å². The van der Waals surface area contributed by atoms with Crippen molar-refractivity contribution in [3.05, 3.63) is 54.1 Å². The summed E-state index contributed by atoms with van der Waals surface area (Å²) in [6.45, 7) is 0.787. The van der Waals surface area contributed by atoms with Crippen LogP contribution in [0.5, 0.6) is 0 Å². The number of anilines is 2. The Hall–Kier alpha value is -3.50. The Morgan fingerprint density at radius 3 is 2.18 bits per heavy atom. The molecule has 10 nitrogen and oxygen atoms in total. The summed E-state index contributed by atoms with van der Waals surface area (Å²) in [4.78, 5) is 16.9. The maximum absolute atomic E-state index is 12.8. The van der Waals surface area contributed by atoms with Gasteiger partial charge in [0.15, 0.2) is 5.82 Å². The van der Waals surface area contributed by atoms with E-state index in [4.69, 9.17) is 9.47 Å². The summed E-state index contributed by atoms with van der Waals surface area (Å²) in [6, 6.07) is 15.2. The van der Waals surface area contributed by atoms with Crippen molar-refractivity contribution >= 4 is 17.3 Å². The number of hydrogen-bond donors (Lipinski definition) is 1. The first-order valence-corrected chi connectivity index (χ1v) is 11.3. The fourth-order valence-corrected chi connectivity index (χ4v) is 4.49. The number of carbonyl (C=O) groups excluding carboxylic acids is 1. The van der Waals surface area contributed by atoms with Crippen LogP contribution in [0.1, 0.15) is 16.4 Å². The van der Waals surface area contributed by atoms with Gasteiger partial charge in [0, 0.05) is 50.7 Å². The molecule has 2 aromatic carbocycles. The van der Waals surface area contributed by atoms with Crippen LogP contribution in [0.3, 0.4) is 0 Å². The summed E-state index contributed by atoms with van der Waals surface area (Å²) in [7, 11) is 7.93. The van der Waals surface area contributed by atoms with Gasteiger partial charge in [0.1, 0.15) is 18.2 Å². The van der Waals surface area contributed by atoms with Crippen LogP contribution in [0.4, 0.5) is 11.4 Å². The van der Waals surface area contributed by atoms with Gasteiger partial charge in [-0.3, -0.25) is 4.79 Å². The van der Waals surface area contributed by atoms with Gasteiger partial charge in [-0.2, -0.15) is 0 Å². The van der Waals surface area contributed by atoms with Crippen LogP contribution in [0.25, 0.3) is 11.4 Å². The summed E-state index contributed by atoms with van der Waals surface area (Å²) in [5, 5.41) is 15.5. The molecule has 0 spiro atoms. The summed E-state index contributed by atoms with van der Waals surface area (Å²) in [5.74, 6) is 0.521. The van der Waals surface area contributed by atoms with Crippen molar-refractivity contribution in [2.75, 3.05) is 51.2 Å². The SMILES string of the molecule is CN(C)c1ccc(C(=O)N[C@H]2CO[C@H]3[C@@H]2OC[C@@H]3n2nnnc2-c2ccc(N(C)C)cc2)cc1. The second-order valence-corrected chi connectivity index (χ2v) is 9.07. The molecule has 2 aliphatic heterocycles. The average Bonchev–Trinajstić information content (AvgIpc) is 3.56. The zero-order valence-corrected chi connectivity index (χ0v) is 19.8. The van der Waals surface area contributed by atoms with Gasteiger partial charge in [0.2, 0.25) is 0 Å². The van der Waals surface area contributed by atoms with Crippen LogP contribution in [0, 0.1) is 0 Å². The van der Waals surface area contributed by atoms with Gasteiger partial charge in [0.25, 0.3) is 5.91 Å². The molecule has 2 fully saturated rings. The van der Waals surface area contributed by atoms with Gasteiger partial charge in [-0.05, 0) is 59.0 Å². The summed E-state index contributed by atoms with van der Waals surface area (Å²) >= 11 is 0. The monoisotopic (exact) mass is 463 g/mol. The second-order valence-electron chi connectivity index (χ2n) is 9.07. The number of benzene rings is 2. The minimum Gasteiger partial charge on any atom is -0.378 e. The quantitative estimate of drug-likeness (QED) is 0.589. The molecule has 3 heterocycles. The highest BCUT2D eigenvalue weighted by molar-refractivity contribution is 5.94. The van der Waals surface area contributed by atoms with E-state index in [1.165, 1.54) is 0 Å². The van der Waals surface area contributed by atoms with Gasteiger partial charge in [-0.1, -0.05) is 0 Å². The molecule has 1 aromatic heterocycles. The molecule has 2 aliphatic rings. The lowest BCUT2D eigenvalue weighted by molar-refractivity contribution is 0.0615. The summed E-state index contributed by atoms with van der Waals surface area (Å²) < 4.78 is 13.9. The average molecular weight is 464 g/mol. The van der Waals surface area contributed by atoms with E-state index >= 15 is 0 Å². The third-order valence-corrected chi connectivity index (χ3v) is 6.44. The topological polar surface area (TPSA) is 97.6 Å². The fraction of sp³-hybridized carbons (Fsp3) is 0.417. The highest BCUT2D eigenvalue weighted by Gasteiger charge is 2.50. The Morgan fingerprint density at radius 2 is 1.53 bits per heavy atom. The number of tetrazole rings is 1. The molecular weight excluding hydrogens is 434 g/mol. The van der Waals surface area contributed by atoms with Crippen molar-refractivity contribution in [3.8, 4) is 11.4 Å². The highest BCUT2D eigenvalue weighted by Crippen LogP contribution is 2.36. The van der Waals surface area contributed by atoms with Crippen molar-refractivity contribution in [2.24, 2.45) is 0 Å². The van der Waals surface area contributed by atoms with E-state index < -0.39 is 0 Å². The Balaban J connectivity index is 1.28. The standard InChI is InChI=1S/C24H29N7O3/c1-29(2)17-9-5-15(6-10-17)23-26-27-28-31(23)20-14-34-21-19(13-33-22(20)21)25-24(32)16-7-11-18(12-8-16)30(3)4/h5-12,19-22H,13-14H2,1-4H3,(H,25,32)/t19-,20-,21+,22+/m0/s1. The Bertz CT molecular complexity index is 1140. The van der Waals surface area contributed by atoms with Crippen molar-refractivity contribution in [1.29, 1.82) is 0 Å². The minimum absolute atomic E-state index is 0.143. The lowest BCUT2D eigenvalue weighted by atomic mass is 10.1. The number of aromatic nitrogens is 4. The number of fused-ring (bicyclic) bond motifs is 1. The number of rotatable bonds is 6. The summed E-state index contributed by atoms with van der Waals surface area (Å²) in [5.41, 5.74) is 3.66. The number of nitrogens with one attached hydrogen (secondary N) is 1. The van der Waals surface area contributed by atoms with Crippen LogP contribution in [0.15, 0.2) is 48.5 Å². The molecule has 10 heteroatoms. The number of carbonyl (C=O) groups is 1. The lowest BCUT2D eigenvalue weighted by Gasteiger charge is -2.19. The van der Waals surface area contributed by atoms with Crippen molar-refractivity contribution in [1.82, 2.24) is 25.5 Å². The molecule has 0 saturated carbocycles. The number of amides is 1. The van der Waals surface area contributed by atoms with Crippen molar-refractivity contribution in [3.63, 3.8) is 0 Å². The van der Waals surface area contributed by atoms with Crippen LogP contribution in [-0.4, -0.2) is 85.8 Å². The molecule has 0 bridgehead atoms.